The number of nitrogens with zero attached hydrogens (tertiary/aromatic N) is 1. The van der Waals surface area contributed by atoms with E-state index in [2.05, 4.69) is 35.8 Å². The van der Waals surface area contributed by atoms with Gasteiger partial charge in [0, 0.05) is 17.6 Å². The molecule has 0 aliphatic rings. The van der Waals surface area contributed by atoms with Gasteiger partial charge in [-0.2, -0.15) is 0 Å². The third-order valence-electron chi connectivity index (χ3n) is 5.62. The van der Waals surface area contributed by atoms with Crippen molar-refractivity contribution in [3.63, 3.8) is 0 Å². The van der Waals surface area contributed by atoms with Crippen LogP contribution in [0.15, 0.2) is 72.8 Å². The van der Waals surface area contributed by atoms with E-state index in [1.165, 1.54) is 12.1 Å². The van der Waals surface area contributed by atoms with Gasteiger partial charge in [-0.25, -0.2) is 9.18 Å². The fourth-order valence-electron chi connectivity index (χ4n) is 4.16. The van der Waals surface area contributed by atoms with Gasteiger partial charge in [-0.15, -0.1) is 0 Å². The number of carbonyl (C=O) groups excluding carboxylic acids is 1. The van der Waals surface area contributed by atoms with E-state index in [0.29, 0.717) is 12.3 Å². The summed E-state index contributed by atoms with van der Waals surface area (Å²) in [6.45, 7) is 8.15. The Morgan fingerprint density at radius 1 is 0.971 bits per heavy atom. The van der Waals surface area contributed by atoms with Crippen molar-refractivity contribution in [1.82, 2.24) is 4.57 Å². The van der Waals surface area contributed by atoms with Crippen LogP contribution in [0.1, 0.15) is 39.0 Å². The minimum absolute atomic E-state index is 0.142. The van der Waals surface area contributed by atoms with E-state index in [9.17, 15) is 9.18 Å². The second-order valence-corrected chi connectivity index (χ2v) is 9.30. The second-order valence-electron chi connectivity index (χ2n) is 9.30. The zero-order valence-electron chi connectivity index (χ0n) is 20.1. The molecule has 0 bridgehead atoms. The predicted octanol–water partition coefficient (Wildman–Crippen LogP) is 6.78. The van der Waals surface area contributed by atoms with E-state index in [-0.39, 0.29) is 12.4 Å². The van der Waals surface area contributed by atoms with Crippen LogP contribution in [0.2, 0.25) is 0 Å². The second kappa shape index (κ2) is 9.72. The molecule has 34 heavy (non-hydrogen) atoms. The number of halogens is 1. The minimum atomic E-state index is -0.553. The lowest BCUT2D eigenvalue weighted by atomic mass is 9.99. The number of fused-ring (bicyclic) bond motifs is 1. The molecule has 1 aromatic heterocycles. The average molecular weight is 460 g/mol. The van der Waals surface area contributed by atoms with Crippen LogP contribution < -0.4 is 4.74 Å². The molecule has 0 spiro atoms. The maximum absolute atomic E-state index is 13.5. The van der Waals surface area contributed by atoms with Crippen molar-refractivity contribution < 1.29 is 18.7 Å². The minimum Gasteiger partial charge on any atom is -0.481 e. The molecule has 0 fully saturated rings. The molecule has 0 N–H and O–H groups in total. The normalized spacial score (nSPS) is 11.6. The fraction of sp³-hybridized carbons (Fsp3) is 0.276. The maximum atomic E-state index is 13.5. The van der Waals surface area contributed by atoms with Crippen LogP contribution in [0.25, 0.3) is 22.0 Å². The smallest absolute Gasteiger partial charge is 0.344 e. The summed E-state index contributed by atoms with van der Waals surface area (Å²) in [7, 11) is 0. The zero-order chi connectivity index (χ0) is 24.3. The number of rotatable bonds is 7. The van der Waals surface area contributed by atoms with Crippen LogP contribution in [0, 0.1) is 5.82 Å². The number of carbonyl (C=O) groups is 1. The number of aromatic nitrogens is 1. The van der Waals surface area contributed by atoms with E-state index in [1.807, 2.05) is 57.2 Å². The van der Waals surface area contributed by atoms with Gasteiger partial charge in [0.1, 0.15) is 17.2 Å². The Morgan fingerprint density at radius 2 is 1.71 bits per heavy atom. The topological polar surface area (TPSA) is 40.5 Å². The molecule has 3 aromatic carbocycles. The number of aryl methyl sites for hydroxylation is 1. The molecule has 0 unspecified atom stereocenters. The highest BCUT2D eigenvalue weighted by Gasteiger charge is 2.18. The number of ether oxygens (including phenoxy) is 2. The van der Waals surface area contributed by atoms with Gasteiger partial charge >= 0.3 is 5.97 Å². The third kappa shape index (κ3) is 5.30. The van der Waals surface area contributed by atoms with Crippen molar-refractivity contribution >= 4 is 16.9 Å². The van der Waals surface area contributed by atoms with E-state index in [4.69, 9.17) is 9.47 Å². The first-order chi connectivity index (χ1) is 16.2. The summed E-state index contributed by atoms with van der Waals surface area (Å²) in [5.41, 5.74) is 4.84. The molecule has 4 nitrogen and oxygen atoms in total. The first-order valence-corrected chi connectivity index (χ1v) is 11.5. The monoisotopic (exact) mass is 459 g/mol. The highest BCUT2D eigenvalue weighted by Crippen LogP contribution is 2.32. The maximum Gasteiger partial charge on any atom is 0.344 e. The molecule has 0 amide bonds. The number of hydrogen-bond donors (Lipinski definition) is 0. The Morgan fingerprint density at radius 3 is 2.41 bits per heavy atom. The summed E-state index contributed by atoms with van der Waals surface area (Å²) in [4.78, 5) is 12.2. The van der Waals surface area contributed by atoms with Crippen molar-refractivity contribution in [2.45, 2.75) is 46.3 Å². The van der Waals surface area contributed by atoms with Crippen LogP contribution in [-0.4, -0.2) is 22.7 Å². The lowest BCUT2D eigenvalue weighted by Crippen LogP contribution is -2.27. The number of benzene rings is 3. The molecule has 0 aliphatic heterocycles. The van der Waals surface area contributed by atoms with E-state index >= 15 is 0 Å². The molecule has 5 heteroatoms. The molecule has 1 heterocycles. The first kappa shape index (κ1) is 23.6. The first-order valence-electron chi connectivity index (χ1n) is 11.5. The Labute approximate surface area is 199 Å². The Bertz CT molecular complexity index is 1300. The Hall–Kier alpha value is -3.60. The molecule has 4 rings (SSSR count). The van der Waals surface area contributed by atoms with Gasteiger partial charge in [0.05, 0.1) is 5.52 Å². The molecule has 0 aliphatic carbocycles. The van der Waals surface area contributed by atoms with E-state index < -0.39 is 11.6 Å². The lowest BCUT2D eigenvalue weighted by molar-refractivity contribution is -0.157. The largest absolute Gasteiger partial charge is 0.481 e. The van der Waals surface area contributed by atoms with Gasteiger partial charge < -0.3 is 14.0 Å². The highest BCUT2D eigenvalue weighted by molar-refractivity contribution is 5.88. The van der Waals surface area contributed by atoms with Crippen molar-refractivity contribution in [3.05, 3.63) is 89.9 Å². The van der Waals surface area contributed by atoms with Gasteiger partial charge in [0.25, 0.3) is 0 Å². The van der Waals surface area contributed by atoms with Gasteiger partial charge in [0.15, 0.2) is 6.61 Å². The van der Waals surface area contributed by atoms with Gasteiger partial charge in [-0.3, -0.25) is 0 Å². The summed E-state index contributed by atoms with van der Waals surface area (Å²) in [5, 5.41) is 0.960. The standard InChI is InChI=1S/C29H30FNO3/c1-5-23-17-25-26(11-8-12-27(25)33-19-28(32)34-29(2,3)4)31(23)18-21-9-6-7-10-24(21)20-13-15-22(30)16-14-20/h6-17H,5,18-19H2,1-4H3. The highest BCUT2D eigenvalue weighted by atomic mass is 19.1. The van der Waals surface area contributed by atoms with Crippen molar-refractivity contribution in [3.8, 4) is 16.9 Å². The summed E-state index contributed by atoms with van der Waals surface area (Å²) in [6, 6.07) is 22.8. The summed E-state index contributed by atoms with van der Waals surface area (Å²) in [5.74, 6) is 0.0151. The molecule has 176 valence electrons. The molecule has 0 saturated carbocycles. The Kier molecular flexibility index (Phi) is 6.73. The van der Waals surface area contributed by atoms with Crippen LogP contribution in [0.5, 0.6) is 5.75 Å². The summed E-state index contributed by atoms with van der Waals surface area (Å²) >= 11 is 0. The molecule has 0 radical (unpaired) electrons. The van der Waals surface area contributed by atoms with Crippen LogP contribution in [0.4, 0.5) is 4.39 Å². The summed E-state index contributed by atoms with van der Waals surface area (Å²) in [6.07, 6.45) is 0.846. The molecule has 0 saturated heterocycles. The SMILES string of the molecule is CCc1cc2c(OCC(=O)OC(C)(C)C)cccc2n1Cc1ccccc1-c1ccc(F)cc1. The van der Waals surface area contributed by atoms with Crippen LogP contribution in [-0.2, 0) is 22.5 Å². The average Bonchev–Trinajstić information content (AvgIpc) is 3.16. The van der Waals surface area contributed by atoms with Crippen LogP contribution in [0.3, 0.4) is 0 Å². The fourth-order valence-corrected chi connectivity index (χ4v) is 4.16. The summed E-state index contributed by atoms with van der Waals surface area (Å²) < 4.78 is 27.0. The Balaban J connectivity index is 1.66. The van der Waals surface area contributed by atoms with Crippen molar-refractivity contribution in [2.24, 2.45) is 0 Å². The quantitative estimate of drug-likeness (QED) is 0.286. The lowest BCUT2D eigenvalue weighted by Gasteiger charge is -2.19. The van der Waals surface area contributed by atoms with Gasteiger partial charge in [-0.05, 0) is 74.2 Å². The molecular formula is C29H30FNO3. The molecule has 4 aromatic rings. The zero-order valence-corrected chi connectivity index (χ0v) is 20.1. The third-order valence-corrected chi connectivity index (χ3v) is 5.62. The van der Waals surface area contributed by atoms with E-state index in [1.54, 1.807) is 0 Å². The van der Waals surface area contributed by atoms with E-state index in [0.717, 1.165) is 39.7 Å². The van der Waals surface area contributed by atoms with Crippen molar-refractivity contribution in [1.29, 1.82) is 0 Å². The molecule has 0 atom stereocenters. The van der Waals surface area contributed by atoms with Gasteiger partial charge in [0.2, 0.25) is 0 Å². The molecular weight excluding hydrogens is 429 g/mol. The van der Waals surface area contributed by atoms with Crippen molar-refractivity contribution in [2.75, 3.05) is 6.61 Å². The van der Waals surface area contributed by atoms with Crippen LogP contribution >= 0.6 is 0 Å². The number of hydrogen-bond acceptors (Lipinski definition) is 3. The number of esters is 1. The predicted molar refractivity (Wildman–Crippen MR) is 134 cm³/mol. The van der Waals surface area contributed by atoms with Gasteiger partial charge in [-0.1, -0.05) is 49.4 Å².